The Morgan fingerprint density at radius 3 is 2.30 bits per heavy atom. The van der Waals surface area contributed by atoms with Gasteiger partial charge in [-0.25, -0.2) is 9.18 Å². The van der Waals surface area contributed by atoms with Crippen molar-refractivity contribution in [2.75, 3.05) is 30.4 Å². The predicted molar refractivity (Wildman–Crippen MR) is 129 cm³/mol. The normalized spacial score (nSPS) is 10.4. The highest BCUT2D eigenvalue weighted by molar-refractivity contribution is 6.42. The van der Waals surface area contributed by atoms with E-state index in [0.717, 1.165) is 0 Å². The predicted octanol–water partition coefficient (Wildman–Crippen LogP) is 6.00. The molecule has 0 aliphatic heterocycles. The highest BCUT2D eigenvalue weighted by Crippen LogP contribution is 2.26. The summed E-state index contributed by atoms with van der Waals surface area (Å²) >= 11 is 12.0. The Labute approximate surface area is 201 Å². The third-order valence-electron chi connectivity index (χ3n) is 4.75. The van der Waals surface area contributed by atoms with Gasteiger partial charge in [0.2, 0.25) is 0 Å². The van der Waals surface area contributed by atoms with Crippen LogP contribution in [0.2, 0.25) is 10.0 Å². The van der Waals surface area contributed by atoms with Crippen LogP contribution in [0.15, 0.2) is 66.7 Å². The number of carbonyl (C=O) groups excluding carboxylic acids is 2. The Bertz CT molecular complexity index is 1110. The molecule has 3 rings (SSSR count). The standard InChI is InChI=1S/C24H22Cl2FN3O3/c1-33-20-10-8-19(9-11-20)30(24(32)29-18-7-12-21(25)22(26)15-18)14-2-13-28-23(31)16-3-5-17(27)6-4-16/h3-12,15H,2,13-14H2,1H3,(H,28,31)(H,29,32). The highest BCUT2D eigenvalue weighted by atomic mass is 35.5. The minimum absolute atomic E-state index is 0.314. The van der Waals surface area contributed by atoms with Crippen LogP contribution in [0.1, 0.15) is 16.8 Å². The molecule has 0 aliphatic rings. The van der Waals surface area contributed by atoms with Crippen LogP contribution in [0.5, 0.6) is 5.75 Å². The third-order valence-corrected chi connectivity index (χ3v) is 5.49. The lowest BCUT2D eigenvalue weighted by Gasteiger charge is -2.24. The van der Waals surface area contributed by atoms with Crippen LogP contribution in [0, 0.1) is 5.82 Å². The van der Waals surface area contributed by atoms with Crippen molar-refractivity contribution in [1.29, 1.82) is 0 Å². The van der Waals surface area contributed by atoms with Crippen LogP contribution in [0.3, 0.4) is 0 Å². The van der Waals surface area contributed by atoms with E-state index in [1.54, 1.807) is 54.5 Å². The summed E-state index contributed by atoms with van der Waals surface area (Å²) in [5, 5.41) is 6.30. The lowest BCUT2D eigenvalue weighted by molar-refractivity contribution is 0.0953. The van der Waals surface area contributed by atoms with E-state index in [-0.39, 0.29) is 11.9 Å². The molecule has 0 atom stereocenters. The second kappa shape index (κ2) is 11.5. The molecule has 6 nitrogen and oxygen atoms in total. The number of nitrogens with one attached hydrogen (secondary N) is 2. The molecule has 3 amide bonds. The lowest BCUT2D eigenvalue weighted by Crippen LogP contribution is -2.37. The van der Waals surface area contributed by atoms with Crippen LogP contribution < -0.4 is 20.3 Å². The second-order valence-electron chi connectivity index (χ2n) is 7.03. The van der Waals surface area contributed by atoms with Crippen LogP contribution in [-0.4, -0.2) is 32.1 Å². The molecule has 0 saturated heterocycles. The maximum atomic E-state index is 13.0. The minimum atomic E-state index is -0.408. The van der Waals surface area contributed by atoms with E-state index in [1.165, 1.54) is 24.3 Å². The largest absolute Gasteiger partial charge is 0.497 e. The number of benzene rings is 3. The molecule has 0 unspecified atom stereocenters. The fourth-order valence-electron chi connectivity index (χ4n) is 3.02. The molecule has 0 radical (unpaired) electrons. The van der Waals surface area contributed by atoms with Crippen molar-refractivity contribution >= 4 is 46.5 Å². The summed E-state index contributed by atoms with van der Waals surface area (Å²) in [5.74, 6) is -0.0592. The van der Waals surface area contributed by atoms with Gasteiger partial charge in [-0.05, 0) is 73.2 Å². The SMILES string of the molecule is COc1ccc(N(CCCNC(=O)c2ccc(F)cc2)C(=O)Nc2ccc(Cl)c(Cl)c2)cc1. The first-order valence-electron chi connectivity index (χ1n) is 10.1. The van der Waals surface area contributed by atoms with E-state index in [4.69, 9.17) is 27.9 Å². The molecule has 3 aromatic rings. The molecule has 0 bridgehead atoms. The number of methoxy groups -OCH3 is 1. The topological polar surface area (TPSA) is 70.7 Å². The number of ether oxygens (including phenoxy) is 1. The first kappa shape index (κ1) is 24.4. The van der Waals surface area contributed by atoms with E-state index < -0.39 is 5.82 Å². The van der Waals surface area contributed by atoms with Crippen LogP contribution in [0.25, 0.3) is 0 Å². The molecule has 0 spiro atoms. The number of rotatable bonds is 8. The van der Waals surface area contributed by atoms with Gasteiger partial charge in [-0.3, -0.25) is 9.69 Å². The maximum absolute atomic E-state index is 13.0. The zero-order chi connectivity index (χ0) is 23.8. The zero-order valence-corrected chi connectivity index (χ0v) is 19.3. The van der Waals surface area contributed by atoms with Gasteiger partial charge in [-0.15, -0.1) is 0 Å². The number of urea groups is 1. The van der Waals surface area contributed by atoms with Crippen LogP contribution in [0.4, 0.5) is 20.6 Å². The van der Waals surface area contributed by atoms with Crippen molar-refractivity contribution in [1.82, 2.24) is 5.32 Å². The van der Waals surface area contributed by atoms with Gasteiger partial charge in [-0.2, -0.15) is 0 Å². The highest BCUT2D eigenvalue weighted by Gasteiger charge is 2.17. The summed E-state index contributed by atoms with van der Waals surface area (Å²) < 4.78 is 18.2. The Kier molecular flexibility index (Phi) is 8.52. The van der Waals surface area contributed by atoms with Gasteiger partial charge in [-0.1, -0.05) is 23.2 Å². The smallest absolute Gasteiger partial charge is 0.326 e. The molecule has 9 heteroatoms. The molecule has 0 aliphatic carbocycles. The van der Waals surface area contributed by atoms with Gasteiger partial charge in [0.25, 0.3) is 5.91 Å². The third kappa shape index (κ3) is 6.84. The molecule has 0 fully saturated rings. The van der Waals surface area contributed by atoms with E-state index in [9.17, 15) is 14.0 Å². The van der Waals surface area contributed by atoms with E-state index >= 15 is 0 Å². The molecule has 0 saturated carbocycles. The van der Waals surface area contributed by atoms with Gasteiger partial charge >= 0.3 is 6.03 Å². The van der Waals surface area contributed by atoms with E-state index in [2.05, 4.69) is 10.6 Å². The Balaban J connectivity index is 1.65. The van der Waals surface area contributed by atoms with Crippen molar-refractivity contribution in [2.45, 2.75) is 6.42 Å². The molecular formula is C24H22Cl2FN3O3. The van der Waals surface area contributed by atoms with E-state index in [0.29, 0.717) is 52.2 Å². The lowest BCUT2D eigenvalue weighted by atomic mass is 10.2. The summed E-state index contributed by atoms with van der Waals surface area (Å²) in [4.78, 5) is 26.8. The fraction of sp³-hybridized carbons (Fsp3) is 0.167. The average Bonchev–Trinajstić information content (AvgIpc) is 2.82. The summed E-state index contributed by atoms with van der Waals surface area (Å²) in [6.45, 7) is 0.645. The number of anilines is 2. The van der Waals surface area contributed by atoms with E-state index in [1.807, 2.05) is 0 Å². The second-order valence-corrected chi connectivity index (χ2v) is 7.84. The van der Waals surface area contributed by atoms with Crippen molar-refractivity contribution in [2.24, 2.45) is 0 Å². The van der Waals surface area contributed by atoms with Crippen molar-refractivity contribution in [3.05, 3.63) is 88.2 Å². The number of halogens is 3. The molecule has 0 aromatic heterocycles. The number of nitrogens with zero attached hydrogens (tertiary/aromatic N) is 1. The first-order valence-corrected chi connectivity index (χ1v) is 10.8. The average molecular weight is 490 g/mol. The Morgan fingerprint density at radius 1 is 0.970 bits per heavy atom. The van der Waals surface area contributed by atoms with Crippen molar-refractivity contribution in [3.63, 3.8) is 0 Å². The zero-order valence-electron chi connectivity index (χ0n) is 17.8. The molecular weight excluding hydrogens is 468 g/mol. The summed E-state index contributed by atoms with van der Waals surface area (Å²) in [6.07, 6.45) is 0.480. The number of carbonyl (C=O) groups is 2. The van der Waals surface area contributed by atoms with Gasteiger partial charge < -0.3 is 15.4 Å². The Morgan fingerprint density at radius 2 is 1.67 bits per heavy atom. The monoisotopic (exact) mass is 489 g/mol. The number of amides is 3. The minimum Gasteiger partial charge on any atom is -0.497 e. The first-order chi connectivity index (χ1) is 15.9. The van der Waals surface area contributed by atoms with Gasteiger partial charge in [0, 0.05) is 30.0 Å². The van der Waals surface area contributed by atoms with Gasteiger partial charge in [0.15, 0.2) is 0 Å². The fourth-order valence-corrected chi connectivity index (χ4v) is 3.32. The molecule has 3 aromatic carbocycles. The summed E-state index contributed by atoms with van der Waals surface area (Å²) in [7, 11) is 1.56. The van der Waals surface area contributed by atoms with Crippen molar-refractivity contribution in [3.8, 4) is 5.75 Å². The molecule has 33 heavy (non-hydrogen) atoms. The van der Waals surface area contributed by atoms with Gasteiger partial charge in [0.1, 0.15) is 11.6 Å². The van der Waals surface area contributed by atoms with Crippen LogP contribution in [-0.2, 0) is 0 Å². The summed E-state index contributed by atoms with van der Waals surface area (Å²) in [6, 6.07) is 16.8. The number of hydrogen-bond acceptors (Lipinski definition) is 3. The van der Waals surface area contributed by atoms with Gasteiger partial charge in [0.05, 0.1) is 17.2 Å². The maximum Gasteiger partial charge on any atom is 0.326 e. The van der Waals surface area contributed by atoms with Crippen molar-refractivity contribution < 1.29 is 18.7 Å². The van der Waals surface area contributed by atoms with Crippen LogP contribution >= 0.6 is 23.2 Å². The molecule has 172 valence electrons. The molecule has 2 N–H and O–H groups in total. The summed E-state index contributed by atoms with van der Waals surface area (Å²) in [5.41, 5.74) is 1.51. The quantitative estimate of drug-likeness (QED) is 0.381. The molecule has 0 heterocycles. The number of hydrogen-bond donors (Lipinski definition) is 2. The Hall–Kier alpha value is -3.29.